The van der Waals surface area contributed by atoms with E-state index in [4.69, 9.17) is 0 Å². The van der Waals surface area contributed by atoms with Crippen LogP contribution in [-0.2, 0) is 13.0 Å². The number of aliphatic hydroxyl groups is 1. The lowest BCUT2D eigenvalue weighted by atomic mass is 9.88. The highest BCUT2D eigenvalue weighted by atomic mass is 16.3. The lowest BCUT2D eigenvalue weighted by molar-refractivity contribution is 0.281. The maximum Gasteiger partial charge on any atom is 0.0684 e. The van der Waals surface area contributed by atoms with E-state index < -0.39 is 0 Å². The second kappa shape index (κ2) is 4.19. The minimum absolute atomic E-state index is 0.144. The third kappa shape index (κ3) is 1.98. The standard InChI is InChI=1S/C14H17O/c1-3-11-4-5-12-8-14(9-15)10(2)6-13(12)7-11/h6-8,15H,1,3-5,9H2,2H3. The van der Waals surface area contributed by atoms with E-state index in [9.17, 15) is 5.11 Å². The molecule has 1 heteroatoms. The van der Waals surface area contributed by atoms with Gasteiger partial charge in [-0.3, -0.25) is 0 Å². The Labute approximate surface area is 91.4 Å². The van der Waals surface area contributed by atoms with Crippen LogP contribution in [0.2, 0.25) is 0 Å². The third-order valence-electron chi connectivity index (χ3n) is 3.16. The fraction of sp³-hybridized carbons (Fsp3) is 0.357. The SMILES string of the molecule is [CH2]CC1=Cc2cc(C)c(CO)cc2CC1. The summed E-state index contributed by atoms with van der Waals surface area (Å²) in [6, 6.07) is 4.32. The summed E-state index contributed by atoms with van der Waals surface area (Å²) >= 11 is 0. The van der Waals surface area contributed by atoms with Gasteiger partial charge < -0.3 is 5.11 Å². The number of rotatable bonds is 2. The van der Waals surface area contributed by atoms with Crippen LogP contribution in [0, 0.1) is 13.8 Å². The van der Waals surface area contributed by atoms with Crippen molar-refractivity contribution in [1.82, 2.24) is 0 Å². The lowest BCUT2D eigenvalue weighted by Crippen LogP contribution is -2.02. The summed E-state index contributed by atoms with van der Waals surface area (Å²) in [6.07, 6.45) is 5.36. The summed E-state index contributed by atoms with van der Waals surface area (Å²) in [5, 5.41) is 9.19. The Morgan fingerprint density at radius 3 is 2.80 bits per heavy atom. The maximum absolute atomic E-state index is 9.19. The van der Waals surface area contributed by atoms with E-state index in [1.165, 1.54) is 22.3 Å². The maximum atomic E-state index is 9.19. The van der Waals surface area contributed by atoms with E-state index in [1.807, 2.05) is 0 Å². The van der Waals surface area contributed by atoms with Crippen molar-refractivity contribution in [3.8, 4) is 0 Å². The van der Waals surface area contributed by atoms with Gasteiger partial charge in [0.2, 0.25) is 0 Å². The van der Waals surface area contributed by atoms with Gasteiger partial charge in [0, 0.05) is 0 Å². The second-order valence-corrected chi connectivity index (χ2v) is 4.19. The molecular formula is C14H17O. The molecule has 79 valence electrons. The molecule has 2 rings (SSSR count). The summed E-state index contributed by atoms with van der Waals surface area (Å²) in [5.41, 5.74) is 6.34. The molecule has 0 saturated heterocycles. The first-order chi connectivity index (χ1) is 7.24. The fourth-order valence-corrected chi connectivity index (χ4v) is 2.13. The number of aryl methyl sites for hydroxylation is 2. The third-order valence-corrected chi connectivity index (χ3v) is 3.16. The largest absolute Gasteiger partial charge is 0.392 e. The monoisotopic (exact) mass is 201 g/mol. The first kappa shape index (κ1) is 10.4. The molecule has 0 aliphatic heterocycles. The normalized spacial score (nSPS) is 14.7. The van der Waals surface area contributed by atoms with Crippen molar-refractivity contribution >= 4 is 6.08 Å². The number of hydrogen-bond donors (Lipinski definition) is 1. The molecule has 0 amide bonds. The van der Waals surface area contributed by atoms with Crippen molar-refractivity contribution in [3.63, 3.8) is 0 Å². The molecule has 0 unspecified atom stereocenters. The quantitative estimate of drug-likeness (QED) is 0.779. The first-order valence-corrected chi connectivity index (χ1v) is 5.46. The minimum atomic E-state index is 0.144. The van der Waals surface area contributed by atoms with E-state index in [0.29, 0.717) is 0 Å². The Kier molecular flexibility index (Phi) is 2.92. The molecule has 1 nitrogen and oxygen atoms in total. The van der Waals surface area contributed by atoms with E-state index in [0.717, 1.165) is 24.8 Å². The highest BCUT2D eigenvalue weighted by Gasteiger charge is 2.11. The van der Waals surface area contributed by atoms with E-state index >= 15 is 0 Å². The minimum Gasteiger partial charge on any atom is -0.392 e. The molecule has 0 fully saturated rings. The molecule has 1 radical (unpaired) electrons. The number of aliphatic hydroxyl groups excluding tert-OH is 1. The molecule has 1 aromatic carbocycles. The molecule has 1 aromatic rings. The highest BCUT2D eigenvalue weighted by Crippen LogP contribution is 2.27. The van der Waals surface area contributed by atoms with Crippen molar-refractivity contribution in [2.75, 3.05) is 0 Å². The van der Waals surface area contributed by atoms with Crippen molar-refractivity contribution in [1.29, 1.82) is 0 Å². The van der Waals surface area contributed by atoms with Gasteiger partial charge in [0.25, 0.3) is 0 Å². The zero-order chi connectivity index (χ0) is 10.8. The number of benzene rings is 1. The summed E-state index contributed by atoms with van der Waals surface area (Å²) in [6.45, 7) is 6.13. The van der Waals surface area contributed by atoms with Crippen molar-refractivity contribution < 1.29 is 5.11 Å². The Morgan fingerprint density at radius 1 is 1.33 bits per heavy atom. The average Bonchev–Trinajstić information content (AvgIpc) is 2.27. The van der Waals surface area contributed by atoms with Gasteiger partial charge in [0.1, 0.15) is 0 Å². The van der Waals surface area contributed by atoms with Crippen molar-refractivity contribution in [2.24, 2.45) is 0 Å². The van der Waals surface area contributed by atoms with Crippen LogP contribution < -0.4 is 0 Å². The average molecular weight is 201 g/mol. The lowest BCUT2D eigenvalue weighted by Gasteiger charge is -2.17. The van der Waals surface area contributed by atoms with Gasteiger partial charge in [0.05, 0.1) is 6.61 Å². The van der Waals surface area contributed by atoms with Crippen LogP contribution in [0.5, 0.6) is 0 Å². The number of hydrogen-bond acceptors (Lipinski definition) is 1. The van der Waals surface area contributed by atoms with Crippen LogP contribution >= 0.6 is 0 Å². The molecule has 1 N–H and O–H groups in total. The van der Waals surface area contributed by atoms with E-state index in [2.05, 4.69) is 32.1 Å². The molecule has 0 heterocycles. The molecule has 0 bridgehead atoms. The van der Waals surface area contributed by atoms with Crippen molar-refractivity contribution in [2.45, 2.75) is 32.8 Å². The van der Waals surface area contributed by atoms with Gasteiger partial charge in [0.15, 0.2) is 0 Å². The molecule has 0 atom stereocenters. The molecule has 1 aliphatic carbocycles. The summed E-state index contributed by atoms with van der Waals surface area (Å²) < 4.78 is 0. The predicted molar refractivity (Wildman–Crippen MR) is 63.4 cm³/mol. The first-order valence-electron chi connectivity index (χ1n) is 5.46. The van der Waals surface area contributed by atoms with Gasteiger partial charge in [-0.25, -0.2) is 0 Å². The molecule has 0 spiro atoms. The van der Waals surface area contributed by atoms with Crippen LogP contribution in [0.4, 0.5) is 0 Å². The zero-order valence-electron chi connectivity index (χ0n) is 9.21. The number of fused-ring (bicyclic) bond motifs is 1. The smallest absolute Gasteiger partial charge is 0.0684 e. The van der Waals surface area contributed by atoms with Gasteiger partial charge in [-0.05, 0) is 55.4 Å². The molecular weight excluding hydrogens is 184 g/mol. The Morgan fingerprint density at radius 2 is 2.13 bits per heavy atom. The summed E-state index contributed by atoms with van der Waals surface area (Å²) in [7, 11) is 0. The van der Waals surface area contributed by atoms with Gasteiger partial charge in [-0.15, -0.1) is 0 Å². The molecule has 15 heavy (non-hydrogen) atoms. The Balaban J connectivity index is 2.45. The number of allylic oxidation sites excluding steroid dienone is 1. The highest BCUT2D eigenvalue weighted by molar-refractivity contribution is 5.61. The van der Waals surface area contributed by atoms with Crippen LogP contribution in [0.1, 0.15) is 35.1 Å². The summed E-state index contributed by atoms with van der Waals surface area (Å²) in [4.78, 5) is 0. The second-order valence-electron chi connectivity index (χ2n) is 4.19. The fourth-order valence-electron chi connectivity index (χ4n) is 2.13. The Hall–Kier alpha value is -1.08. The zero-order valence-corrected chi connectivity index (χ0v) is 9.21. The van der Waals surface area contributed by atoms with Crippen LogP contribution in [0.15, 0.2) is 17.7 Å². The van der Waals surface area contributed by atoms with E-state index in [1.54, 1.807) is 0 Å². The molecule has 1 aliphatic rings. The van der Waals surface area contributed by atoms with Gasteiger partial charge in [-0.1, -0.05) is 23.8 Å². The van der Waals surface area contributed by atoms with Crippen LogP contribution in [0.25, 0.3) is 6.08 Å². The van der Waals surface area contributed by atoms with Crippen LogP contribution in [0.3, 0.4) is 0 Å². The molecule has 0 aromatic heterocycles. The summed E-state index contributed by atoms with van der Waals surface area (Å²) in [5.74, 6) is 0. The van der Waals surface area contributed by atoms with Crippen LogP contribution in [-0.4, -0.2) is 5.11 Å². The Bertz CT molecular complexity index is 402. The topological polar surface area (TPSA) is 20.2 Å². The van der Waals surface area contributed by atoms with Gasteiger partial charge >= 0.3 is 0 Å². The molecule has 0 saturated carbocycles. The predicted octanol–water partition coefficient (Wildman–Crippen LogP) is 3.04. The van der Waals surface area contributed by atoms with Crippen molar-refractivity contribution in [3.05, 3.63) is 46.9 Å². The van der Waals surface area contributed by atoms with Gasteiger partial charge in [-0.2, -0.15) is 0 Å². The van der Waals surface area contributed by atoms with E-state index in [-0.39, 0.29) is 6.61 Å².